The molecule has 0 saturated heterocycles. The van der Waals surface area contributed by atoms with Gasteiger partial charge in [-0.25, -0.2) is 8.78 Å². The molecule has 8 heteroatoms. The first-order chi connectivity index (χ1) is 15.4. The van der Waals surface area contributed by atoms with Gasteiger partial charge in [0.2, 0.25) is 0 Å². The van der Waals surface area contributed by atoms with Crippen molar-refractivity contribution >= 4 is 46.7 Å². The molecule has 3 aromatic carbocycles. The highest BCUT2D eigenvalue weighted by Gasteiger charge is 2.18. The largest absolute Gasteiger partial charge is 0.321 e. The number of hydrogen-bond donors (Lipinski definition) is 1. The maximum absolute atomic E-state index is 13.5. The number of halogens is 3. The fraction of sp³-hybridized carbons (Fsp3) is 0.0833. The lowest BCUT2D eigenvalue weighted by Crippen LogP contribution is -2.14. The van der Waals surface area contributed by atoms with Crippen LogP contribution in [0.1, 0.15) is 11.1 Å². The number of carbonyl (C=O) groups excluding carboxylic acids is 1. The van der Waals surface area contributed by atoms with E-state index in [0.29, 0.717) is 37.6 Å². The number of carbonyl (C=O) groups is 1. The second-order valence-electron chi connectivity index (χ2n) is 6.57. The summed E-state index contributed by atoms with van der Waals surface area (Å²) in [4.78, 5) is 12.8. The van der Waals surface area contributed by atoms with Crippen molar-refractivity contribution in [2.24, 2.45) is 0 Å². The van der Waals surface area contributed by atoms with Crippen LogP contribution in [0.25, 0.3) is 0 Å². The van der Waals surface area contributed by atoms with Gasteiger partial charge in [-0.1, -0.05) is 35.9 Å². The number of rotatable bonds is 8. The highest BCUT2D eigenvalue weighted by atomic mass is 35.5. The topological polar surface area (TPSA) is 52.9 Å². The highest BCUT2D eigenvalue weighted by Crippen LogP contribution is 2.36. The quantitative estimate of drug-likeness (QED) is 0.271. The lowest BCUT2D eigenvalue weighted by molar-refractivity contribution is -0.112. The second kappa shape index (κ2) is 11.7. The van der Waals surface area contributed by atoms with Gasteiger partial charge >= 0.3 is 0 Å². The fourth-order valence-electron chi connectivity index (χ4n) is 2.65. The summed E-state index contributed by atoms with van der Waals surface area (Å²) >= 11 is 8.39. The van der Waals surface area contributed by atoms with E-state index in [0.717, 1.165) is 0 Å². The summed E-state index contributed by atoms with van der Waals surface area (Å²) < 4.78 is 27.5. The zero-order valence-corrected chi connectivity index (χ0v) is 19.0. The number of anilines is 1. The highest BCUT2D eigenvalue weighted by molar-refractivity contribution is 8.21. The van der Waals surface area contributed by atoms with E-state index in [-0.39, 0.29) is 17.2 Å². The summed E-state index contributed by atoms with van der Waals surface area (Å²) in [6, 6.07) is 20.8. The molecule has 1 N–H and O–H groups in total. The summed E-state index contributed by atoms with van der Waals surface area (Å²) in [5.41, 5.74) is 1.86. The Balaban J connectivity index is 1.84. The predicted octanol–water partition coefficient (Wildman–Crippen LogP) is 7.16. The molecule has 162 valence electrons. The van der Waals surface area contributed by atoms with Crippen LogP contribution < -0.4 is 5.32 Å². The Hall–Kier alpha value is -2.79. The number of thioether (sulfide) groups is 2. The zero-order chi connectivity index (χ0) is 22.9. The molecule has 0 heterocycles. The van der Waals surface area contributed by atoms with Crippen LogP contribution in [0.2, 0.25) is 5.02 Å². The van der Waals surface area contributed by atoms with E-state index in [4.69, 9.17) is 11.6 Å². The Kier molecular flexibility index (Phi) is 8.74. The van der Waals surface area contributed by atoms with Crippen LogP contribution in [0, 0.1) is 23.0 Å². The molecule has 32 heavy (non-hydrogen) atoms. The van der Waals surface area contributed by atoms with E-state index < -0.39 is 5.91 Å². The maximum Gasteiger partial charge on any atom is 0.268 e. The molecule has 0 atom stereocenters. The van der Waals surface area contributed by atoms with E-state index >= 15 is 0 Å². The van der Waals surface area contributed by atoms with E-state index in [9.17, 15) is 18.8 Å². The molecule has 1 amide bonds. The van der Waals surface area contributed by atoms with Gasteiger partial charge < -0.3 is 5.32 Å². The van der Waals surface area contributed by atoms with Gasteiger partial charge in [0.05, 0.1) is 4.24 Å². The van der Waals surface area contributed by atoms with Gasteiger partial charge in [-0.2, -0.15) is 5.26 Å². The number of nitrogens with one attached hydrogen (secondary N) is 1. The Morgan fingerprint density at radius 1 is 0.906 bits per heavy atom. The number of nitrogens with zero attached hydrogens (tertiary/aromatic N) is 1. The van der Waals surface area contributed by atoms with Crippen molar-refractivity contribution in [2.45, 2.75) is 11.5 Å². The summed E-state index contributed by atoms with van der Waals surface area (Å²) in [7, 11) is 0. The zero-order valence-electron chi connectivity index (χ0n) is 16.6. The van der Waals surface area contributed by atoms with Crippen LogP contribution in [-0.4, -0.2) is 5.91 Å². The normalized spacial score (nSPS) is 10.3. The van der Waals surface area contributed by atoms with Crippen LogP contribution in [0.15, 0.2) is 82.6 Å². The van der Waals surface area contributed by atoms with Crippen LogP contribution in [-0.2, 0) is 16.3 Å². The summed E-state index contributed by atoms with van der Waals surface area (Å²) in [6.45, 7) is 0. The SMILES string of the molecule is N#CC(C(=O)Nc1ccc(Cl)cc1)=C(SCc1cccc(F)c1)SCc1cccc(F)c1. The molecule has 0 aliphatic carbocycles. The Labute approximate surface area is 198 Å². The van der Waals surface area contributed by atoms with E-state index in [2.05, 4.69) is 5.32 Å². The Morgan fingerprint density at radius 3 is 1.91 bits per heavy atom. The van der Waals surface area contributed by atoms with Crippen LogP contribution in [0.4, 0.5) is 14.5 Å². The molecular weight excluding hydrogens is 470 g/mol. The van der Waals surface area contributed by atoms with Crippen LogP contribution >= 0.6 is 35.1 Å². The number of amides is 1. The molecule has 0 fully saturated rings. The standard InChI is InChI=1S/C24H17ClF2N2OS2/c25-18-7-9-21(10-8-18)29-23(30)22(13-28)24(31-14-16-3-1-5-19(26)11-16)32-15-17-4-2-6-20(27)12-17/h1-12H,14-15H2,(H,29,30). The smallest absolute Gasteiger partial charge is 0.268 e. The average molecular weight is 487 g/mol. The molecule has 0 spiro atoms. The van der Waals surface area contributed by atoms with Crippen molar-refractivity contribution in [3.05, 3.63) is 110 Å². The van der Waals surface area contributed by atoms with Crippen LogP contribution in [0.5, 0.6) is 0 Å². The molecule has 3 rings (SSSR count). The monoisotopic (exact) mass is 486 g/mol. The predicted molar refractivity (Wildman–Crippen MR) is 128 cm³/mol. The van der Waals surface area contributed by atoms with Gasteiger partial charge in [-0.15, -0.1) is 23.5 Å². The van der Waals surface area contributed by atoms with Gasteiger partial charge in [0.1, 0.15) is 23.3 Å². The molecule has 3 aromatic rings. The van der Waals surface area contributed by atoms with Gasteiger partial charge in [0, 0.05) is 22.2 Å². The third-order valence-electron chi connectivity index (χ3n) is 4.16. The van der Waals surface area contributed by atoms with Crippen molar-refractivity contribution < 1.29 is 13.6 Å². The molecule has 0 radical (unpaired) electrons. The third kappa shape index (κ3) is 7.13. The molecule has 0 bridgehead atoms. The van der Waals surface area contributed by atoms with Gasteiger partial charge in [0.15, 0.2) is 0 Å². The Morgan fingerprint density at radius 2 is 1.44 bits per heavy atom. The Bertz CT molecular complexity index is 1130. The first-order valence-electron chi connectivity index (χ1n) is 9.40. The van der Waals surface area contributed by atoms with Crippen molar-refractivity contribution in [1.29, 1.82) is 5.26 Å². The van der Waals surface area contributed by atoms with Crippen molar-refractivity contribution in [3.63, 3.8) is 0 Å². The lowest BCUT2D eigenvalue weighted by Gasteiger charge is -2.11. The molecule has 3 nitrogen and oxygen atoms in total. The van der Waals surface area contributed by atoms with Gasteiger partial charge in [0.25, 0.3) is 5.91 Å². The fourth-order valence-corrected chi connectivity index (χ4v) is 4.99. The lowest BCUT2D eigenvalue weighted by atomic mass is 10.2. The van der Waals surface area contributed by atoms with E-state index in [1.54, 1.807) is 48.5 Å². The number of benzene rings is 3. The second-order valence-corrected chi connectivity index (χ2v) is 9.24. The minimum absolute atomic E-state index is 0.0669. The first kappa shape index (κ1) is 23.9. The van der Waals surface area contributed by atoms with E-state index in [1.165, 1.54) is 47.8 Å². The first-order valence-corrected chi connectivity index (χ1v) is 11.8. The molecule has 0 aromatic heterocycles. The van der Waals surface area contributed by atoms with Crippen molar-refractivity contribution in [2.75, 3.05) is 5.32 Å². The van der Waals surface area contributed by atoms with E-state index in [1.807, 2.05) is 6.07 Å². The third-order valence-corrected chi connectivity index (χ3v) is 7.01. The summed E-state index contributed by atoms with van der Waals surface area (Å²) in [5.74, 6) is -0.557. The van der Waals surface area contributed by atoms with Crippen LogP contribution in [0.3, 0.4) is 0 Å². The van der Waals surface area contributed by atoms with Crippen molar-refractivity contribution in [3.8, 4) is 6.07 Å². The number of nitriles is 1. The molecule has 0 aliphatic heterocycles. The maximum atomic E-state index is 13.5. The van der Waals surface area contributed by atoms with Crippen molar-refractivity contribution in [1.82, 2.24) is 0 Å². The van der Waals surface area contributed by atoms with Gasteiger partial charge in [-0.3, -0.25) is 4.79 Å². The minimum atomic E-state index is -0.566. The molecule has 0 unspecified atom stereocenters. The molecular formula is C24H17ClF2N2OS2. The van der Waals surface area contributed by atoms with Gasteiger partial charge in [-0.05, 0) is 59.7 Å². The number of hydrogen-bond acceptors (Lipinski definition) is 4. The minimum Gasteiger partial charge on any atom is -0.321 e. The summed E-state index contributed by atoms with van der Waals surface area (Å²) in [6.07, 6.45) is 0. The average Bonchev–Trinajstić information content (AvgIpc) is 2.77. The summed E-state index contributed by atoms with van der Waals surface area (Å²) in [5, 5.41) is 12.9. The molecule has 0 saturated carbocycles. The molecule has 0 aliphatic rings.